The number of hydrogen-bond donors (Lipinski definition) is 1. The van der Waals surface area contributed by atoms with E-state index < -0.39 is 0 Å². The zero-order valence-corrected chi connectivity index (χ0v) is 10.0. The van der Waals surface area contributed by atoms with E-state index >= 15 is 0 Å². The summed E-state index contributed by atoms with van der Waals surface area (Å²) in [6, 6.07) is 4.55. The molecule has 1 aromatic heterocycles. The van der Waals surface area contributed by atoms with Crippen LogP contribution in [-0.2, 0) is 0 Å². The standard InChI is InChI=1S/C13H19N3/c1-3-10(2)16-13-11(6-4-9-15-13)12-7-5-8-14-12/h4,6,9-10H,3,5,7-8H2,1-2H3,(H,15,16)/t10-/m0/s1. The van der Waals surface area contributed by atoms with Crippen molar-refractivity contribution in [3.05, 3.63) is 23.9 Å². The lowest BCUT2D eigenvalue weighted by molar-refractivity contribution is 0.759. The van der Waals surface area contributed by atoms with Gasteiger partial charge in [-0.05, 0) is 38.3 Å². The molecule has 3 heteroatoms. The van der Waals surface area contributed by atoms with Crippen molar-refractivity contribution < 1.29 is 0 Å². The minimum absolute atomic E-state index is 0.454. The molecular formula is C13H19N3. The van der Waals surface area contributed by atoms with Gasteiger partial charge < -0.3 is 5.32 Å². The molecule has 0 unspecified atom stereocenters. The summed E-state index contributed by atoms with van der Waals surface area (Å²) < 4.78 is 0. The Labute approximate surface area is 97.0 Å². The average molecular weight is 217 g/mol. The third-order valence-corrected chi connectivity index (χ3v) is 2.99. The van der Waals surface area contributed by atoms with E-state index in [1.54, 1.807) is 0 Å². The lowest BCUT2D eigenvalue weighted by Gasteiger charge is -2.15. The fourth-order valence-electron chi connectivity index (χ4n) is 1.85. The molecule has 16 heavy (non-hydrogen) atoms. The van der Waals surface area contributed by atoms with E-state index in [1.165, 1.54) is 17.7 Å². The van der Waals surface area contributed by atoms with Crippen molar-refractivity contribution >= 4 is 11.5 Å². The number of anilines is 1. The van der Waals surface area contributed by atoms with Crippen molar-refractivity contribution in [1.82, 2.24) is 4.98 Å². The highest BCUT2D eigenvalue weighted by molar-refractivity contribution is 6.05. The highest BCUT2D eigenvalue weighted by Crippen LogP contribution is 2.20. The summed E-state index contributed by atoms with van der Waals surface area (Å²) >= 11 is 0. The van der Waals surface area contributed by atoms with Gasteiger partial charge in [-0.15, -0.1) is 0 Å². The SMILES string of the molecule is CC[C@H](C)Nc1ncccc1C1=NCCC1. The van der Waals surface area contributed by atoms with Gasteiger partial charge in [-0.25, -0.2) is 4.98 Å². The summed E-state index contributed by atoms with van der Waals surface area (Å²) in [5, 5.41) is 3.45. The number of rotatable bonds is 4. The number of aliphatic imine (C=N–C) groups is 1. The van der Waals surface area contributed by atoms with Gasteiger partial charge >= 0.3 is 0 Å². The highest BCUT2D eigenvalue weighted by Gasteiger charge is 2.14. The molecule has 0 fully saturated rings. The smallest absolute Gasteiger partial charge is 0.135 e. The van der Waals surface area contributed by atoms with Crippen molar-refractivity contribution in [3.8, 4) is 0 Å². The molecule has 86 valence electrons. The maximum Gasteiger partial charge on any atom is 0.135 e. The fraction of sp³-hybridized carbons (Fsp3) is 0.538. The first-order valence-electron chi connectivity index (χ1n) is 6.06. The first-order chi connectivity index (χ1) is 7.81. The summed E-state index contributed by atoms with van der Waals surface area (Å²) in [7, 11) is 0. The Morgan fingerprint density at radius 2 is 2.38 bits per heavy atom. The Bertz CT molecular complexity index is 385. The molecule has 2 rings (SSSR count). The molecule has 0 saturated carbocycles. The zero-order valence-electron chi connectivity index (χ0n) is 10.0. The lowest BCUT2D eigenvalue weighted by atomic mass is 10.1. The van der Waals surface area contributed by atoms with Crippen LogP contribution in [-0.4, -0.2) is 23.3 Å². The van der Waals surface area contributed by atoms with E-state index in [2.05, 4.69) is 35.2 Å². The van der Waals surface area contributed by atoms with Crippen molar-refractivity contribution in [2.75, 3.05) is 11.9 Å². The van der Waals surface area contributed by atoms with Gasteiger partial charge in [0.05, 0.1) is 0 Å². The molecule has 0 spiro atoms. The first-order valence-corrected chi connectivity index (χ1v) is 6.06. The fourth-order valence-corrected chi connectivity index (χ4v) is 1.85. The molecule has 0 aliphatic carbocycles. The molecule has 2 heterocycles. The van der Waals surface area contributed by atoms with Crippen molar-refractivity contribution in [2.45, 2.75) is 39.2 Å². The van der Waals surface area contributed by atoms with Crippen LogP contribution in [0.15, 0.2) is 23.3 Å². The van der Waals surface area contributed by atoms with E-state index in [0.717, 1.165) is 25.2 Å². The van der Waals surface area contributed by atoms with E-state index in [0.29, 0.717) is 6.04 Å². The molecule has 0 aromatic carbocycles. The lowest BCUT2D eigenvalue weighted by Crippen LogP contribution is -2.17. The second-order valence-electron chi connectivity index (χ2n) is 4.29. The maximum absolute atomic E-state index is 4.54. The number of nitrogens with zero attached hydrogens (tertiary/aromatic N) is 2. The van der Waals surface area contributed by atoms with Crippen molar-refractivity contribution in [1.29, 1.82) is 0 Å². The van der Waals surface area contributed by atoms with Gasteiger partial charge in [-0.3, -0.25) is 4.99 Å². The quantitative estimate of drug-likeness (QED) is 0.842. The largest absolute Gasteiger partial charge is 0.367 e. The van der Waals surface area contributed by atoms with Crippen LogP contribution in [0.25, 0.3) is 0 Å². The second kappa shape index (κ2) is 5.10. The number of hydrogen-bond acceptors (Lipinski definition) is 3. The van der Waals surface area contributed by atoms with Crippen LogP contribution in [0, 0.1) is 0 Å². The summed E-state index contributed by atoms with van der Waals surface area (Å²) in [4.78, 5) is 8.96. The van der Waals surface area contributed by atoms with Crippen LogP contribution >= 0.6 is 0 Å². The van der Waals surface area contributed by atoms with E-state index in [-0.39, 0.29) is 0 Å². The number of nitrogens with one attached hydrogen (secondary N) is 1. The summed E-state index contributed by atoms with van der Waals surface area (Å²) in [6.07, 6.45) is 5.19. The van der Waals surface area contributed by atoms with Crippen LogP contribution in [0.4, 0.5) is 5.82 Å². The molecule has 0 bridgehead atoms. The van der Waals surface area contributed by atoms with Crippen molar-refractivity contribution in [2.24, 2.45) is 4.99 Å². The minimum atomic E-state index is 0.454. The normalized spacial score (nSPS) is 17.0. The summed E-state index contributed by atoms with van der Waals surface area (Å²) in [5.74, 6) is 0.984. The topological polar surface area (TPSA) is 37.3 Å². The summed E-state index contributed by atoms with van der Waals surface area (Å²) in [5.41, 5.74) is 2.39. The molecule has 1 aliphatic rings. The van der Waals surface area contributed by atoms with Crippen molar-refractivity contribution in [3.63, 3.8) is 0 Å². The number of pyridine rings is 1. The molecular weight excluding hydrogens is 198 g/mol. The van der Waals surface area contributed by atoms with Crippen LogP contribution in [0.1, 0.15) is 38.7 Å². The predicted molar refractivity (Wildman–Crippen MR) is 68.3 cm³/mol. The van der Waals surface area contributed by atoms with Crippen LogP contribution in [0.3, 0.4) is 0 Å². The second-order valence-corrected chi connectivity index (χ2v) is 4.29. The van der Waals surface area contributed by atoms with E-state index in [9.17, 15) is 0 Å². The molecule has 0 saturated heterocycles. The van der Waals surface area contributed by atoms with Crippen LogP contribution in [0.5, 0.6) is 0 Å². The average Bonchev–Trinajstić information content (AvgIpc) is 2.83. The Hall–Kier alpha value is -1.38. The third kappa shape index (κ3) is 2.40. The van der Waals surface area contributed by atoms with Crippen LogP contribution in [0.2, 0.25) is 0 Å². The minimum Gasteiger partial charge on any atom is -0.367 e. The van der Waals surface area contributed by atoms with E-state index in [1.807, 2.05) is 12.3 Å². The highest BCUT2D eigenvalue weighted by atomic mass is 15.0. The molecule has 3 nitrogen and oxygen atoms in total. The Balaban J connectivity index is 2.23. The molecule has 0 radical (unpaired) electrons. The van der Waals surface area contributed by atoms with Crippen LogP contribution < -0.4 is 5.32 Å². The maximum atomic E-state index is 4.54. The molecule has 1 aliphatic heterocycles. The first kappa shape index (κ1) is 11.1. The molecule has 1 N–H and O–H groups in total. The summed E-state index contributed by atoms with van der Waals surface area (Å²) in [6.45, 7) is 5.31. The monoisotopic (exact) mass is 217 g/mol. The van der Waals surface area contributed by atoms with Gasteiger partial charge in [-0.1, -0.05) is 6.92 Å². The number of aromatic nitrogens is 1. The van der Waals surface area contributed by atoms with Gasteiger partial charge in [0.25, 0.3) is 0 Å². The van der Waals surface area contributed by atoms with Gasteiger partial charge in [0.15, 0.2) is 0 Å². The molecule has 1 aromatic rings. The van der Waals surface area contributed by atoms with Gasteiger partial charge in [0.2, 0.25) is 0 Å². The van der Waals surface area contributed by atoms with E-state index in [4.69, 9.17) is 0 Å². The Morgan fingerprint density at radius 3 is 3.06 bits per heavy atom. The zero-order chi connectivity index (χ0) is 11.4. The van der Waals surface area contributed by atoms with Gasteiger partial charge in [-0.2, -0.15) is 0 Å². The Morgan fingerprint density at radius 1 is 1.50 bits per heavy atom. The molecule has 1 atom stereocenters. The molecule has 0 amide bonds. The van der Waals surface area contributed by atoms with Gasteiger partial charge in [0.1, 0.15) is 5.82 Å². The van der Waals surface area contributed by atoms with Gasteiger partial charge in [0, 0.05) is 30.1 Å². The third-order valence-electron chi connectivity index (χ3n) is 2.99. The predicted octanol–water partition coefficient (Wildman–Crippen LogP) is 2.87. The Kier molecular flexibility index (Phi) is 3.54.